The van der Waals surface area contributed by atoms with Gasteiger partial charge in [0.05, 0.1) is 20.8 Å². The van der Waals surface area contributed by atoms with E-state index in [-0.39, 0.29) is 9.26 Å². The van der Waals surface area contributed by atoms with Crippen LogP contribution in [0.3, 0.4) is 0 Å². The molecular formula is C9H11FINO4S2. The van der Waals surface area contributed by atoms with Crippen molar-refractivity contribution in [3.63, 3.8) is 0 Å². The van der Waals surface area contributed by atoms with Crippen molar-refractivity contribution in [3.8, 4) is 0 Å². The van der Waals surface area contributed by atoms with Crippen LogP contribution in [-0.4, -0.2) is 34.6 Å². The van der Waals surface area contributed by atoms with Crippen LogP contribution < -0.4 is 4.72 Å². The van der Waals surface area contributed by atoms with Crippen LogP contribution in [0.1, 0.15) is 0 Å². The van der Waals surface area contributed by atoms with E-state index in [4.69, 9.17) is 0 Å². The fraction of sp³-hybridized carbons (Fsp3) is 0.333. The molecule has 0 radical (unpaired) electrons. The molecular weight excluding hydrogens is 396 g/mol. The minimum atomic E-state index is -3.81. The zero-order chi connectivity index (χ0) is 14.0. The predicted molar refractivity (Wildman–Crippen MR) is 76.2 cm³/mol. The van der Waals surface area contributed by atoms with E-state index >= 15 is 0 Å². The first-order valence-electron chi connectivity index (χ1n) is 4.73. The van der Waals surface area contributed by atoms with Gasteiger partial charge in [0.15, 0.2) is 0 Å². The van der Waals surface area contributed by atoms with E-state index < -0.39 is 37.2 Å². The van der Waals surface area contributed by atoms with Gasteiger partial charge in [0.2, 0.25) is 10.0 Å². The second kappa shape index (κ2) is 5.70. The number of halogens is 2. The average molecular weight is 407 g/mol. The van der Waals surface area contributed by atoms with Crippen molar-refractivity contribution in [2.24, 2.45) is 0 Å². The van der Waals surface area contributed by atoms with E-state index in [1.54, 1.807) is 22.6 Å². The van der Waals surface area contributed by atoms with Gasteiger partial charge in [-0.05, 0) is 34.7 Å². The van der Waals surface area contributed by atoms with Gasteiger partial charge in [-0.1, -0.05) is 6.07 Å². The molecule has 1 N–H and O–H groups in total. The summed E-state index contributed by atoms with van der Waals surface area (Å²) in [6.45, 7) is 0. The van der Waals surface area contributed by atoms with E-state index in [1.165, 1.54) is 18.2 Å². The van der Waals surface area contributed by atoms with E-state index in [1.807, 2.05) is 0 Å². The summed E-state index contributed by atoms with van der Waals surface area (Å²) in [5.41, 5.74) is 0.101. The maximum atomic E-state index is 13.2. The van der Waals surface area contributed by atoms with Crippen molar-refractivity contribution in [3.05, 3.63) is 27.6 Å². The fourth-order valence-electron chi connectivity index (χ4n) is 1.06. The molecule has 0 unspecified atom stereocenters. The molecule has 1 aromatic carbocycles. The van der Waals surface area contributed by atoms with Crippen molar-refractivity contribution < 1.29 is 21.2 Å². The first-order valence-corrected chi connectivity index (χ1v) is 9.52. The smallest absolute Gasteiger partial charge is 0.233 e. The quantitative estimate of drug-likeness (QED) is 0.745. The Bertz CT molecular complexity index is 643. The van der Waals surface area contributed by atoms with Crippen LogP contribution in [0.4, 0.5) is 10.1 Å². The lowest BCUT2D eigenvalue weighted by atomic mass is 10.3. The molecule has 0 aliphatic rings. The Balaban J connectivity index is 2.87. The lowest BCUT2D eigenvalue weighted by Crippen LogP contribution is -2.22. The molecule has 0 atom stereocenters. The topological polar surface area (TPSA) is 80.3 Å². The van der Waals surface area contributed by atoms with Crippen LogP contribution in [0.5, 0.6) is 0 Å². The number of benzene rings is 1. The van der Waals surface area contributed by atoms with Gasteiger partial charge >= 0.3 is 0 Å². The molecule has 0 bridgehead atoms. The molecule has 0 aromatic heterocycles. The molecule has 0 aliphatic heterocycles. The highest BCUT2D eigenvalue weighted by Crippen LogP contribution is 2.21. The first-order chi connectivity index (χ1) is 8.11. The second-order valence-electron chi connectivity index (χ2n) is 3.65. The monoisotopic (exact) mass is 407 g/mol. The highest BCUT2D eigenvalue weighted by atomic mass is 127. The van der Waals surface area contributed by atoms with Crippen LogP contribution in [-0.2, 0) is 19.9 Å². The van der Waals surface area contributed by atoms with Crippen molar-refractivity contribution in [1.82, 2.24) is 0 Å². The number of anilines is 1. The lowest BCUT2D eigenvalue weighted by Gasteiger charge is -2.09. The zero-order valence-corrected chi connectivity index (χ0v) is 13.1. The van der Waals surface area contributed by atoms with Gasteiger partial charge in [-0.25, -0.2) is 21.2 Å². The summed E-state index contributed by atoms with van der Waals surface area (Å²) in [5, 5.41) is 0. The van der Waals surface area contributed by atoms with Crippen LogP contribution in [0, 0.1) is 9.39 Å². The number of nitrogens with one attached hydrogen (secondary N) is 1. The molecule has 0 saturated carbocycles. The molecule has 18 heavy (non-hydrogen) atoms. The normalized spacial score (nSPS) is 12.4. The summed E-state index contributed by atoms with van der Waals surface area (Å²) in [6, 6.07) is 3.98. The SMILES string of the molecule is CS(=O)(=O)CCS(=O)(=O)Nc1cccc(F)c1I. The number of sulfone groups is 1. The highest BCUT2D eigenvalue weighted by Gasteiger charge is 2.16. The van der Waals surface area contributed by atoms with Crippen molar-refractivity contribution >= 4 is 48.1 Å². The molecule has 1 rings (SSSR count). The summed E-state index contributed by atoms with van der Waals surface area (Å²) in [6.07, 6.45) is 0.953. The van der Waals surface area contributed by atoms with Crippen LogP contribution in [0.25, 0.3) is 0 Å². The van der Waals surface area contributed by atoms with Gasteiger partial charge in [-0.2, -0.15) is 0 Å². The summed E-state index contributed by atoms with van der Waals surface area (Å²) in [5.74, 6) is -1.58. The predicted octanol–water partition coefficient (Wildman–Crippen LogP) is 1.22. The molecule has 5 nitrogen and oxygen atoms in total. The second-order valence-corrected chi connectivity index (χ2v) is 8.83. The minimum absolute atomic E-state index is 0.101. The number of rotatable bonds is 5. The molecule has 0 spiro atoms. The summed E-state index contributed by atoms with van der Waals surface area (Å²) >= 11 is 1.67. The Morgan fingerprint density at radius 1 is 1.22 bits per heavy atom. The Hall–Kier alpha value is -0.420. The summed E-state index contributed by atoms with van der Waals surface area (Å²) in [7, 11) is -7.17. The molecule has 1 aromatic rings. The van der Waals surface area contributed by atoms with Gasteiger partial charge in [-0.3, -0.25) is 4.72 Å². The van der Waals surface area contributed by atoms with E-state index in [2.05, 4.69) is 4.72 Å². The van der Waals surface area contributed by atoms with Crippen molar-refractivity contribution in [1.29, 1.82) is 0 Å². The minimum Gasteiger partial charge on any atom is -0.282 e. The molecule has 102 valence electrons. The van der Waals surface area contributed by atoms with Gasteiger partial charge in [0, 0.05) is 6.26 Å². The molecule has 0 amide bonds. The third kappa shape index (κ3) is 5.06. The maximum absolute atomic E-state index is 13.2. The molecule has 0 saturated heterocycles. The Kier molecular flexibility index (Phi) is 4.95. The maximum Gasteiger partial charge on any atom is 0.233 e. The van der Waals surface area contributed by atoms with Gasteiger partial charge < -0.3 is 0 Å². The number of hydrogen-bond acceptors (Lipinski definition) is 4. The number of sulfonamides is 1. The van der Waals surface area contributed by atoms with Crippen LogP contribution >= 0.6 is 22.6 Å². The van der Waals surface area contributed by atoms with Crippen LogP contribution in [0.15, 0.2) is 18.2 Å². The molecule has 0 aliphatic carbocycles. The average Bonchev–Trinajstić information content (AvgIpc) is 2.21. The lowest BCUT2D eigenvalue weighted by molar-refractivity contribution is 0.593. The van der Waals surface area contributed by atoms with E-state index in [9.17, 15) is 21.2 Å². The van der Waals surface area contributed by atoms with E-state index in [0.717, 1.165) is 6.26 Å². The third-order valence-corrected chi connectivity index (χ3v) is 5.51. The highest BCUT2D eigenvalue weighted by molar-refractivity contribution is 14.1. The third-order valence-electron chi connectivity index (χ3n) is 1.94. The largest absolute Gasteiger partial charge is 0.282 e. The van der Waals surface area contributed by atoms with Gasteiger partial charge in [0.1, 0.15) is 15.7 Å². The molecule has 0 fully saturated rings. The molecule has 0 heterocycles. The summed E-state index contributed by atoms with van der Waals surface area (Å²) < 4.78 is 60.5. The first kappa shape index (κ1) is 15.6. The molecule has 9 heteroatoms. The van der Waals surface area contributed by atoms with Crippen LogP contribution in [0.2, 0.25) is 0 Å². The van der Waals surface area contributed by atoms with Crippen molar-refractivity contribution in [2.75, 3.05) is 22.5 Å². The fourth-order valence-corrected chi connectivity index (χ4v) is 4.44. The standard InChI is InChI=1S/C9H11FINO4S2/c1-17(13,14)5-6-18(15,16)12-8-4-2-3-7(10)9(8)11/h2-4,12H,5-6H2,1H3. The Labute approximate surface area is 119 Å². The zero-order valence-electron chi connectivity index (χ0n) is 9.35. The summed E-state index contributed by atoms with van der Waals surface area (Å²) in [4.78, 5) is 0. The van der Waals surface area contributed by atoms with E-state index in [0.29, 0.717) is 0 Å². The number of hydrogen-bond donors (Lipinski definition) is 1. The van der Waals surface area contributed by atoms with Crippen molar-refractivity contribution in [2.45, 2.75) is 0 Å². The Morgan fingerprint density at radius 3 is 2.39 bits per heavy atom. The van der Waals surface area contributed by atoms with Gasteiger partial charge in [-0.15, -0.1) is 0 Å². The van der Waals surface area contributed by atoms with Gasteiger partial charge in [0.25, 0.3) is 0 Å². The Morgan fingerprint density at radius 2 is 1.83 bits per heavy atom.